The predicted octanol–water partition coefficient (Wildman–Crippen LogP) is 3.59. The molecule has 1 fully saturated rings. The second kappa shape index (κ2) is 6.85. The molecule has 3 aromatic rings. The highest BCUT2D eigenvalue weighted by molar-refractivity contribution is 7.20. The van der Waals surface area contributed by atoms with Crippen LogP contribution in [0.4, 0.5) is 0 Å². The molecule has 6 heteroatoms. The summed E-state index contributed by atoms with van der Waals surface area (Å²) in [5, 5.41) is 5.71. The molecule has 1 aromatic carbocycles. The fourth-order valence-electron chi connectivity index (χ4n) is 3.68. The lowest BCUT2D eigenvalue weighted by atomic mass is 9.92. The van der Waals surface area contributed by atoms with Crippen molar-refractivity contribution in [3.8, 4) is 5.69 Å². The van der Waals surface area contributed by atoms with Crippen LogP contribution in [0.15, 0.2) is 36.4 Å². The van der Waals surface area contributed by atoms with Crippen molar-refractivity contribution in [2.24, 2.45) is 11.7 Å². The summed E-state index contributed by atoms with van der Waals surface area (Å²) in [5.41, 5.74) is 8.04. The lowest BCUT2D eigenvalue weighted by molar-refractivity contribution is 0.0666. The smallest absolute Gasteiger partial charge is 0.264 e. The lowest BCUT2D eigenvalue weighted by Crippen LogP contribution is -2.44. The Morgan fingerprint density at radius 3 is 2.85 bits per heavy atom. The second-order valence-corrected chi connectivity index (χ2v) is 8.21. The number of hydrogen-bond acceptors (Lipinski definition) is 4. The van der Waals surface area contributed by atoms with Crippen molar-refractivity contribution in [3.05, 3.63) is 47.0 Å². The van der Waals surface area contributed by atoms with Crippen LogP contribution in [0.25, 0.3) is 15.9 Å². The maximum absolute atomic E-state index is 13.1. The number of likely N-dealkylation sites (tertiary alicyclic amines) is 1. The lowest BCUT2D eigenvalue weighted by Gasteiger charge is -2.34. The molecule has 0 radical (unpaired) electrons. The van der Waals surface area contributed by atoms with Gasteiger partial charge in [-0.25, -0.2) is 4.68 Å². The molecule has 136 valence electrons. The number of para-hydroxylation sites is 1. The van der Waals surface area contributed by atoms with Gasteiger partial charge in [-0.1, -0.05) is 18.2 Å². The zero-order valence-corrected chi connectivity index (χ0v) is 16.0. The molecule has 3 heterocycles. The molecule has 1 aliphatic rings. The molecule has 2 N–H and O–H groups in total. The van der Waals surface area contributed by atoms with Crippen LogP contribution in [0, 0.1) is 12.8 Å². The number of piperidine rings is 1. The highest BCUT2D eigenvalue weighted by Crippen LogP contribution is 2.32. The van der Waals surface area contributed by atoms with Crippen LogP contribution < -0.4 is 5.73 Å². The standard InChI is InChI=1S/C20H24N4OS/c1-13(21)15-7-6-10-23(12-15)19(25)18-11-17-14(2)22-24(20(17)26-18)16-8-4-3-5-9-16/h3-5,8-9,11,13,15H,6-7,10,12,21H2,1-2H3. The Bertz CT molecular complexity index is 928. The van der Waals surface area contributed by atoms with Crippen molar-refractivity contribution in [1.29, 1.82) is 0 Å². The van der Waals surface area contributed by atoms with E-state index in [2.05, 4.69) is 5.10 Å². The fraction of sp³-hybridized carbons (Fsp3) is 0.400. The Hall–Kier alpha value is -2.18. The minimum atomic E-state index is 0.121. The number of aromatic nitrogens is 2. The average Bonchev–Trinajstić information content (AvgIpc) is 3.23. The van der Waals surface area contributed by atoms with Gasteiger partial charge in [0.1, 0.15) is 4.83 Å². The third-order valence-electron chi connectivity index (χ3n) is 5.24. The average molecular weight is 369 g/mol. The molecule has 0 spiro atoms. The van der Waals surface area contributed by atoms with Gasteiger partial charge in [0.15, 0.2) is 0 Å². The predicted molar refractivity (Wildman–Crippen MR) is 106 cm³/mol. The topological polar surface area (TPSA) is 64.2 Å². The highest BCUT2D eigenvalue weighted by Gasteiger charge is 2.28. The van der Waals surface area contributed by atoms with Crippen molar-refractivity contribution < 1.29 is 4.79 Å². The van der Waals surface area contributed by atoms with Gasteiger partial charge in [-0.05, 0) is 50.8 Å². The largest absolute Gasteiger partial charge is 0.338 e. The van der Waals surface area contributed by atoms with Crippen molar-refractivity contribution in [3.63, 3.8) is 0 Å². The Morgan fingerprint density at radius 1 is 1.35 bits per heavy atom. The van der Waals surface area contributed by atoms with Gasteiger partial charge in [-0.15, -0.1) is 11.3 Å². The number of carbonyl (C=O) groups excluding carboxylic acids is 1. The Morgan fingerprint density at radius 2 is 2.12 bits per heavy atom. The maximum atomic E-state index is 13.1. The number of hydrogen-bond donors (Lipinski definition) is 1. The number of nitrogens with two attached hydrogens (primary N) is 1. The van der Waals surface area contributed by atoms with Crippen LogP contribution in [-0.4, -0.2) is 39.7 Å². The van der Waals surface area contributed by atoms with E-state index >= 15 is 0 Å². The van der Waals surface area contributed by atoms with Gasteiger partial charge < -0.3 is 10.6 Å². The number of benzene rings is 1. The van der Waals surface area contributed by atoms with E-state index in [4.69, 9.17) is 5.73 Å². The summed E-state index contributed by atoms with van der Waals surface area (Å²) in [7, 11) is 0. The summed E-state index contributed by atoms with van der Waals surface area (Å²) in [5.74, 6) is 0.513. The quantitative estimate of drug-likeness (QED) is 0.768. The molecule has 2 unspecified atom stereocenters. The number of amides is 1. The molecule has 1 amide bonds. The summed E-state index contributed by atoms with van der Waals surface area (Å²) < 4.78 is 1.94. The zero-order chi connectivity index (χ0) is 18.3. The van der Waals surface area contributed by atoms with Gasteiger partial charge in [0.05, 0.1) is 16.3 Å². The van der Waals surface area contributed by atoms with Crippen molar-refractivity contribution in [2.45, 2.75) is 32.7 Å². The molecule has 1 aliphatic heterocycles. The van der Waals surface area contributed by atoms with Gasteiger partial charge in [-0.2, -0.15) is 5.10 Å². The number of thiophene rings is 1. The van der Waals surface area contributed by atoms with E-state index in [1.807, 2.05) is 59.8 Å². The molecular weight excluding hydrogens is 344 g/mol. The van der Waals surface area contributed by atoms with Crippen LogP contribution in [0.2, 0.25) is 0 Å². The normalized spacial score (nSPS) is 19.0. The van der Waals surface area contributed by atoms with E-state index in [0.29, 0.717) is 5.92 Å². The Balaban J connectivity index is 1.66. The first-order chi connectivity index (χ1) is 12.5. The van der Waals surface area contributed by atoms with Crippen LogP contribution in [0.5, 0.6) is 0 Å². The van der Waals surface area contributed by atoms with Crippen LogP contribution in [-0.2, 0) is 0 Å². The summed E-state index contributed by atoms with van der Waals surface area (Å²) >= 11 is 1.53. The first-order valence-electron chi connectivity index (χ1n) is 9.14. The van der Waals surface area contributed by atoms with E-state index in [1.54, 1.807) is 0 Å². The highest BCUT2D eigenvalue weighted by atomic mass is 32.1. The third kappa shape index (κ3) is 3.04. The van der Waals surface area contributed by atoms with Gasteiger partial charge in [0.2, 0.25) is 0 Å². The van der Waals surface area contributed by atoms with E-state index in [-0.39, 0.29) is 11.9 Å². The molecule has 2 aromatic heterocycles. The number of nitrogens with zero attached hydrogens (tertiary/aromatic N) is 3. The number of rotatable bonds is 3. The Labute approximate surface area is 157 Å². The van der Waals surface area contributed by atoms with E-state index in [0.717, 1.165) is 52.4 Å². The Kier molecular flexibility index (Phi) is 4.54. The molecule has 0 saturated carbocycles. The summed E-state index contributed by atoms with van der Waals surface area (Å²) in [4.78, 5) is 16.8. The van der Waals surface area contributed by atoms with Crippen molar-refractivity contribution >= 4 is 27.5 Å². The summed E-state index contributed by atoms with van der Waals surface area (Å²) in [6.07, 6.45) is 2.13. The van der Waals surface area contributed by atoms with Crippen LogP contribution in [0.1, 0.15) is 35.1 Å². The first-order valence-corrected chi connectivity index (χ1v) is 9.95. The molecule has 0 aliphatic carbocycles. The van der Waals surface area contributed by atoms with Crippen LogP contribution in [0.3, 0.4) is 0 Å². The van der Waals surface area contributed by atoms with Crippen LogP contribution >= 0.6 is 11.3 Å². The monoisotopic (exact) mass is 368 g/mol. The van der Waals surface area contributed by atoms with Gasteiger partial charge in [0, 0.05) is 24.5 Å². The molecule has 1 saturated heterocycles. The van der Waals surface area contributed by atoms with Crippen molar-refractivity contribution in [2.75, 3.05) is 13.1 Å². The molecule has 0 bridgehead atoms. The number of aryl methyl sites for hydroxylation is 1. The van der Waals surface area contributed by atoms with Gasteiger partial charge >= 0.3 is 0 Å². The van der Waals surface area contributed by atoms with E-state index in [9.17, 15) is 4.79 Å². The third-order valence-corrected chi connectivity index (χ3v) is 6.34. The van der Waals surface area contributed by atoms with Gasteiger partial charge in [-0.3, -0.25) is 4.79 Å². The maximum Gasteiger partial charge on any atom is 0.264 e. The molecule has 5 nitrogen and oxygen atoms in total. The molecular formula is C20H24N4OS. The minimum Gasteiger partial charge on any atom is -0.338 e. The van der Waals surface area contributed by atoms with E-state index in [1.165, 1.54) is 11.3 Å². The summed E-state index contributed by atoms with van der Waals surface area (Å²) in [6.45, 7) is 5.61. The van der Waals surface area contributed by atoms with Crippen molar-refractivity contribution in [1.82, 2.24) is 14.7 Å². The van der Waals surface area contributed by atoms with Gasteiger partial charge in [0.25, 0.3) is 5.91 Å². The molecule has 26 heavy (non-hydrogen) atoms. The van der Waals surface area contributed by atoms with E-state index < -0.39 is 0 Å². The number of fused-ring (bicyclic) bond motifs is 1. The molecule has 2 atom stereocenters. The summed E-state index contributed by atoms with van der Waals surface area (Å²) in [6, 6.07) is 12.2. The minimum absolute atomic E-state index is 0.121. The zero-order valence-electron chi connectivity index (χ0n) is 15.2. The fourth-order valence-corrected chi connectivity index (χ4v) is 4.83. The first kappa shape index (κ1) is 17.2. The SMILES string of the molecule is Cc1nn(-c2ccccc2)c2sc(C(=O)N3CCCC(C(C)N)C3)cc12. The second-order valence-electron chi connectivity index (χ2n) is 7.17. The molecule has 4 rings (SSSR count). The number of carbonyl (C=O) groups is 1.